The molecule has 4 aromatic rings. The number of hydrogen-bond acceptors (Lipinski definition) is 7. The van der Waals surface area contributed by atoms with Crippen LogP contribution in [0.15, 0.2) is 86.2 Å². The predicted octanol–water partition coefficient (Wildman–Crippen LogP) is 8.07. The first kappa shape index (κ1) is 58.2. The van der Waals surface area contributed by atoms with Gasteiger partial charge in [-0.1, -0.05) is 90.1 Å². The number of allylic oxidation sites excluding steroid dienone is 1. The molecular formula is C49H72N6O5W2. The van der Waals surface area contributed by atoms with Crippen molar-refractivity contribution in [3.63, 3.8) is 0 Å². The van der Waals surface area contributed by atoms with Gasteiger partial charge in [-0.25, -0.2) is 0 Å². The zero-order valence-electron chi connectivity index (χ0n) is 38.3. The molecule has 0 spiro atoms. The molecule has 2 aromatic heterocycles. The molecule has 0 radical (unpaired) electrons. The smallest absolute Gasteiger partial charge is 0.217 e. The van der Waals surface area contributed by atoms with Gasteiger partial charge in [0.15, 0.2) is 5.78 Å². The van der Waals surface area contributed by atoms with Gasteiger partial charge in [0.2, 0.25) is 11.8 Å². The number of aromatic nitrogens is 2. The fourth-order valence-corrected chi connectivity index (χ4v) is 7.52. The number of rotatable bonds is 23. The standard InChI is InChI=1S/C24H35N3O3.C23H33N3O2.C2H4.2W/c1-15(2)23(30)17(12-18-14-26-20-9-7-6-8-19(18)20)13-21(28)24(5,27-16(3)4)11-10-22(25)29;1-15(2)23(28)17(9-10-19(26-16(3)4)11-12-22(24)27)13-18-14-25-21-8-6-5-7-20(18)21;1-2;;/h6-9,14-17,26-27H,10-13H2,1-5H3,(H2,25,29);5-10,14-17,19,25-26H,11-13H2,1-4H3,(H2,24,27);1-2H2;;/b;10-9+;;;/t17-,24+;17-,19+;;;/m10.../s1. The third kappa shape index (κ3) is 18.9. The Balaban J connectivity index is 0.00000112. The maximum absolute atomic E-state index is 13.4. The Morgan fingerprint density at radius 2 is 1.18 bits per heavy atom. The monoisotopic (exact) mass is 1190 g/mol. The molecule has 2 amide bonds. The summed E-state index contributed by atoms with van der Waals surface area (Å²) in [6, 6.07) is 16.4. The number of benzene rings is 2. The van der Waals surface area contributed by atoms with Gasteiger partial charge >= 0.3 is 0 Å². The number of hydrogen-bond donors (Lipinski definition) is 6. The van der Waals surface area contributed by atoms with Crippen LogP contribution < -0.4 is 22.1 Å². The topological polar surface area (TPSA) is 193 Å². The molecule has 0 fully saturated rings. The van der Waals surface area contributed by atoms with E-state index in [1.54, 1.807) is 6.92 Å². The number of nitrogens with two attached hydrogens (primary N) is 2. The van der Waals surface area contributed by atoms with Crippen LogP contribution in [-0.4, -0.2) is 62.8 Å². The molecule has 0 aliphatic heterocycles. The van der Waals surface area contributed by atoms with Crippen LogP contribution in [0.1, 0.15) is 106 Å². The molecule has 340 valence electrons. The third-order valence-corrected chi connectivity index (χ3v) is 10.5. The maximum atomic E-state index is 13.4. The van der Waals surface area contributed by atoms with Crippen molar-refractivity contribution in [2.45, 2.75) is 131 Å². The first-order valence-electron chi connectivity index (χ1n) is 21.3. The fourth-order valence-electron chi connectivity index (χ4n) is 7.52. The summed E-state index contributed by atoms with van der Waals surface area (Å²) in [5, 5.41) is 8.96. The molecule has 13 heteroatoms. The van der Waals surface area contributed by atoms with Gasteiger partial charge in [0.05, 0.1) is 5.54 Å². The van der Waals surface area contributed by atoms with Crippen LogP contribution in [0.5, 0.6) is 0 Å². The molecule has 0 saturated carbocycles. The number of carbonyl (C=O) groups is 5. The molecule has 0 aliphatic carbocycles. The summed E-state index contributed by atoms with van der Waals surface area (Å²) in [4.78, 5) is 68.3. The van der Waals surface area contributed by atoms with Crippen molar-refractivity contribution in [1.82, 2.24) is 20.6 Å². The van der Waals surface area contributed by atoms with E-state index >= 15 is 0 Å². The Hall–Kier alpha value is -3.75. The molecule has 11 nitrogen and oxygen atoms in total. The predicted molar refractivity (Wildman–Crippen MR) is 246 cm³/mol. The molecule has 2 heterocycles. The molecule has 8 N–H and O–H groups in total. The Bertz CT molecular complexity index is 2040. The number of para-hydroxylation sites is 2. The zero-order valence-corrected chi connectivity index (χ0v) is 44.2. The SMILES string of the molecule is C=C.CC(C)N[C@@](C)(CCC(N)=O)C(=O)C[C@@H](Cc1c[nH]c2ccccc12)C(=O)C(C)C.CC(C)N[C@H](/C=C/[C@@H](Cc1c[nH]c2ccccc12)C(=O)C(C)C)CCC(N)=O.[W].[W]. The van der Waals surface area contributed by atoms with Gasteiger partial charge in [-0.15, -0.1) is 13.2 Å². The Labute approximate surface area is 398 Å². The summed E-state index contributed by atoms with van der Waals surface area (Å²) >= 11 is 0. The summed E-state index contributed by atoms with van der Waals surface area (Å²) in [5.74, 6) is -1.33. The molecule has 62 heavy (non-hydrogen) atoms. The van der Waals surface area contributed by atoms with Crippen molar-refractivity contribution < 1.29 is 66.1 Å². The molecule has 2 aromatic carbocycles. The average molecular weight is 1190 g/mol. The van der Waals surface area contributed by atoms with Crippen LogP contribution in [0.25, 0.3) is 21.8 Å². The van der Waals surface area contributed by atoms with Crippen molar-refractivity contribution >= 4 is 51.0 Å². The van der Waals surface area contributed by atoms with Gasteiger partial charge in [0, 0.05) is 137 Å². The largest absolute Gasteiger partial charge is 0.370 e. The van der Waals surface area contributed by atoms with Crippen LogP contribution in [0, 0.1) is 23.7 Å². The maximum Gasteiger partial charge on any atom is 0.217 e. The van der Waals surface area contributed by atoms with Crippen LogP contribution >= 0.6 is 0 Å². The number of carbonyl (C=O) groups excluding carboxylic acids is 5. The van der Waals surface area contributed by atoms with Crippen LogP contribution in [-0.2, 0) is 78.9 Å². The molecule has 4 rings (SSSR count). The first-order valence-corrected chi connectivity index (χ1v) is 21.3. The van der Waals surface area contributed by atoms with E-state index in [1.807, 2.05) is 109 Å². The number of Topliss-reactive ketones (excluding diaryl/α,β-unsaturated/α-hetero) is 3. The normalized spacial score (nSPS) is 13.6. The fraction of sp³-hybridized carbons (Fsp3) is 0.490. The zero-order chi connectivity index (χ0) is 45.2. The minimum absolute atomic E-state index is 0. The number of aromatic amines is 2. The second kappa shape index (κ2) is 28.8. The van der Waals surface area contributed by atoms with Crippen molar-refractivity contribution in [2.75, 3.05) is 0 Å². The Morgan fingerprint density at radius 3 is 1.63 bits per heavy atom. The van der Waals surface area contributed by atoms with E-state index in [0.717, 1.165) is 32.9 Å². The third-order valence-electron chi connectivity index (χ3n) is 10.5. The number of amides is 2. The Morgan fingerprint density at radius 1 is 0.694 bits per heavy atom. The first-order chi connectivity index (χ1) is 28.3. The van der Waals surface area contributed by atoms with Crippen LogP contribution in [0.3, 0.4) is 0 Å². The number of fused-ring (bicyclic) bond motifs is 2. The number of primary amides is 2. The molecule has 4 atom stereocenters. The summed E-state index contributed by atoms with van der Waals surface area (Å²) in [5.41, 5.74) is 14.0. The van der Waals surface area contributed by atoms with E-state index in [4.69, 9.17) is 11.5 Å². The van der Waals surface area contributed by atoms with Gasteiger partial charge in [0.1, 0.15) is 11.6 Å². The minimum Gasteiger partial charge on any atom is -0.370 e. The molecule has 0 aliphatic rings. The Kier molecular flexibility index (Phi) is 27.1. The van der Waals surface area contributed by atoms with Gasteiger partial charge in [-0.2, -0.15) is 0 Å². The van der Waals surface area contributed by atoms with Crippen LogP contribution in [0.2, 0.25) is 0 Å². The second-order valence-electron chi connectivity index (χ2n) is 17.1. The number of nitrogens with one attached hydrogen (secondary N) is 4. The van der Waals surface area contributed by atoms with E-state index in [9.17, 15) is 24.0 Å². The van der Waals surface area contributed by atoms with Crippen molar-refractivity contribution in [2.24, 2.45) is 35.1 Å². The van der Waals surface area contributed by atoms with E-state index in [-0.39, 0.29) is 114 Å². The molecule has 0 bridgehead atoms. The van der Waals surface area contributed by atoms with E-state index in [0.29, 0.717) is 32.1 Å². The number of H-pyrrole nitrogens is 2. The van der Waals surface area contributed by atoms with Gasteiger partial charge < -0.3 is 32.1 Å². The minimum atomic E-state index is -0.904. The summed E-state index contributed by atoms with van der Waals surface area (Å²) in [6.07, 6.45) is 10.6. The van der Waals surface area contributed by atoms with E-state index in [1.165, 1.54) is 0 Å². The van der Waals surface area contributed by atoms with E-state index in [2.05, 4.69) is 53.7 Å². The molecular weight excluding hydrogens is 1120 g/mol. The summed E-state index contributed by atoms with van der Waals surface area (Å²) < 4.78 is 0. The van der Waals surface area contributed by atoms with Gasteiger partial charge in [0.25, 0.3) is 0 Å². The van der Waals surface area contributed by atoms with Crippen molar-refractivity contribution in [3.8, 4) is 0 Å². The van der Waals surface area contributed by atoms with Gasteiger partial charge in [-0.05, 0) is 69.7 Å². The summed E-state index contributed by atoms with van der Waals surface area (Å²) in [6.45, 7) is 23.5. The van der Waals surface area contributed by atoms with Crippen molar-refractivity contribution in [3.05, 3.63) is 97.4 Å². The number of ketones is 3. The van der Waals surface area contributed by atoms with Crippen molar-refractivity contribution in [1.29, 1.82) is 0 Å². The quantitative estimate of drug-likeness (QED) is 0.0405. The molecule has 0 unspecified atom stereocenters. The van der Waals surface area contributed by atoms with Crippen LogP contribution in [0.4, 0.5) is 0 Å². The summed E-state index contributed by atoms with van der Waals surface area (Å²) in [7, 11) is 0. The van der Waals surface area contributed by atoms with Gasteiger partial charge in [-0.3, -0.25) is 24.0 Å². The average Bonchev–Trinajstić information content (AvgIpc) is 3.80. The second-order valence-corrected chi connectivity index (χ2v) is 17.1. The van der Waals surface area contributed by atoms with E-state index < -0.39 is 17.4 Å². The molecule has 0 saturated heterocycles.